The van der Waals surface area contributed by atoms with Crippen LogP contribution in [0.4, 0.5) is 0 Å². The predicted octanol–water partition coefficient (Wildman–Crippen LogP) is 3.49. The molecule has 0 aliphatic rings. The van der Waals surface area contributed by atoms with Crippen LogP contribution in [0.1, 0.15) is 28.7 Å². The minimum absolute atomic E-state index is 0.130. The zero-order chi connectivity index (χ0) is 19.5. The van der Waals surface area contributed by atoms with Crippen LogP contribution in [0, 0.1) is 6.92 Å². The fraction of sp³-hybridized carbons (Fsp3) is 0.200. The molecule has 1 amide bonds. The molecule has 0 aliphatic heterocycles. The summed E-state index contributed by atoms with van der Waals surface area (Å²) in [7, 11) is 0. The molecule has 0 radical (unpaired) electrons. The standard InChI is InChI=1S/C20H19N5O2S/c1-3-27-17-6-4-5-16(11-17)18(26)21-12-14-7-9-15(10-8-14)19-24-25-13(2)22-23-20(25)28-19/h4-11H,3,12H2,1-2H3,(H,21,26). The summed E-state index contributed by atoms with van der Waals surface area (Å²) in [6.07, 6.45) is 0. The number of hydrogen-bond acceptors (Lipinski definition) is 6. The molecule has 0 atom stereocenters. The summed E-state index contributed by atoms with van der Waals surface area (Å²) in [5.74, 6) is 1.33. The van der Waals surface area contributed by atoms with Gasteiger partial charge in [0.15, 0.2) is 5.82 Å². The second kappa shape index (κ2) is 7.77. The van der Waals surface area contributed by atoms with Crippen LogP contribution < -0.4 is 10.1 Å². The van der Waals surface area contributed by atoms with Crippen LogP contribution in [0.15, 0.2) is 48.5 Å². The van der Waals surface area contributed by atoms with Crippen molar-refractivity contribution in [3.63, 3.8) is 0 Å². The van der Waals surface area contributed by atoms with Gasteiger partial charge in [-0.3, -0.25) is 4.79 Å². The van der Waals surface area contributed by atoms with Crippen LogP contribution in [0.2, 0.25) is 0 Å². The Morgan fingerprint density at radius 2 is 2.00 bits per heavy atom. The summed E-state index contributed by atoms with van der Waals surface area (Å²) in [4.78, 5) is 13.2. The van der Waals surface area contributed by atoms with Gasteiger partial charge in [0.25, 0.3) is 5.91 Å². The number of ether oxygens (including phenoxy) is 1. The van der Waals surface area contributed by atoms with Crippen molar-refractivity contribution in [3.05, 3.63) is 65.5 Å². The van der Waals surface area contributed by atoms with E-state index < -0.39 is 0 Å². The first kappa shape index (κ1) is 18.1. The van der Waals surface area contributed by atoms with E-state index in [-0.39, 0.29) is 5.91 Å². The lowest BCUT2D eigenvalue weighted by Gasteiger charge is -2.08. The van der Waals surface area contributed by atoms with Gasteiger partial charge in [-0.1, -0.05) is 41.7 Å². The van der Waals surface area contributed by atoms with E-state index in [0.717, 1.165) is 26.9 Å². The Labute approximate surface area is 166 Å². The average molecular weight is 393 g/mol. The Morgan fingerprint density at radius 1 is 1.18 bits per heavy atom. The lowest BCUT2D eigenvalue weighted by atomic mass is 10.1. The molecule has 0 fully saturated rings. The Morgan fingerprint density at radius 3 is 2.75 bits per heavy atom. The van der Waals surface area contributed by atoms with Gasteiger partial charge in [0.05, 0.1) is 6.61 Å². The summed E-state index contributed by atoms with van der Waals surface area (Å²) < 4.78 is 7.18. The molecule has 1 N–H and O–H groups in total. The van der Waals surface area contributed by atoms with Crippen molar-refractivity contribution >= 4 is 22.2 Å². The van der Waals surface area contributed by atoms with Gasteiger partial charge in [-0.25, -0.2) is 0 Å². The highest BCUT2D eigenvalue weighted by Crippen LogP contribution is 2.25. The van der Waals surface area contributed by atoms with Gasteiger partial charge in [-0.05, 0) is 37.6 Å². The monoisotopic (exact) mass is 393 g/mol. The number of fused-ring (bicyclic) bond motifs is 1. The molecule has 28 heavy (non-hydrogen) atoms. The molecule has 0 aliphatic carbocycles. The topological polar surface area (TPSA) is 81.4 Å². The second-order valence-corrected chi connectivity index (χ2v) is 7.15. The SMILES string of the molecule is CCOc1cccc(C(=O)NCc2ccc(-c3nn4c(C)nnc4s3)cc2)c1. The van der Waals surface area contributed by atoms with E-state index in [1.807, 2.05) is 50.2 Å². The smallest absolute Gasteiger partial charge is 0.251 e. The predicted molar refractivity (Wildman–Crippen MR) is 108 cm³/mol. The van der Waals surface area contributed by atoms with Gasteiger partial charge < -0.3 is 10.1 Å². The van der Waals surface area contributed by atoms with E-state index in [1.54, 1.807) is 16.6 Å². The summed E-state index contributed by atoms with van der Waals surface area (Å²) in [5.41, 5.74) is 2.60. The average Bonchev–Trinajstić information content (AvgIpc) is 3.29. The summed E-state index contributed by atoms with van der Waals surface area (Å²) in [6.45, 7) is 4.80. The number of aryl methyl sites for hydroxylation is 1. The number of rotatable bonds is 6. The summed E-state index contributed by atoms with van der Waals surface area (Å²) in [6, 6.07) is 15.1. The van der Waals surface area contributed by atoms with Gasteiger partial charge in [-0.2, -0.15) is 9.61 Å². The lowest BCUT2D eigenvalue weighted by Crippen LogP contribution is -2.22. The van der Waals surface area contributed by atoms with Crippen molar-refractivity contribution in [1.29, 1.82) is 0 Å². The first-order valence-corrected chi connectivity index (χ1v) is 9.75. The Kier molecular flexibility index (Phi) is 5.03. The molecule has 0 bridgehead atoms. The summed E-state index contributed by atoms with van der Waals surface area (Å²) in [5, 5.41) is 16.5. The number of nitrogens with zero attached hydrogens (tertiary/aromatic N) is 4. The van der Waals surface area contributed by atoms with Crippen LogP contribution >= 0.6 is 11.3 Å². The molecule has 0 saturated heterocycles. The van der Waals surface area contributed by atoms with Crippen molar-refractivity contribution in [1.82, 2.24) is 25.1 Å². The normalized spacial score (nSPS) is 10.9. The molecule has 0 spiro atoms. The molecular formula is C20H19N5O2S. The van der Waals surface area contributed by atoms with E-state index in [1.165, 1.54) is 11.3 Å². The Hall–Kier alpha value is -3.26. The second-order valence-electron chi connectivity index (χ2n) is 6.19. The molecule has 0 saturated carbocycles. The number of amides is 1. The van der Waals surface area contributed by atoms with Crippen LogP contribution in [-0.2, 0) is 6.54 Å². The van der Waals surface area contributed by atoms with Gasteiger partial charge in [-0.15, -0.1) is 10.2 Å². The third-order valence-electron chi connectivity index (χ3n) is 4.21. The van der Waals surface area contributed by atoms with Crippen LogP contribution in [-0.4, -0.2) is 32.3 Å². The maximum absolute atomic E-state index is 12.4. The first-order chi connectivity index (χ1) is 13.6. The largest absolute Gasteiger partial charge is 0.494 e. The van der Waals surface area contributed by atoms with Crippen molar-refractivity contribution in [2.24, 2.45) is 0 Å². The van der Waals surface area contributed by atoms with E-state index in [9.17, 15) is 4.79 Å². The Bertz CT molecular complexity index is 1120. The number of carbonyl (C=O) groups excluding carboxylic acids is 1. The molecule has 8 heteroatoms. The zero-order valence-electron chi connectivity index (χ0n) is 15.5. The Balaban J connectivity index is 1.41. The molecule has 4 aromatic rings. The van der Waals surface area contributed by atoms with E-state index in [2.05, 4.69) is 20.6 Å². The fourth-order valence-corrected chi connectivity index (χ4v) is 3.67. The molecule has 2 aromatic heterocycles. The van der Waals surface area contributed by atoms with Crippen LogP contribution in [0.5, 0.6) is 5.75 Å². The molecule has 7 nitrogen and oxygen atoms in total. The quantitative estimate of drug-likeness (QED) is 0.542. The third kappa shape index (κ3) is 3.72. The minimum atomic E-state index is -0.130. The highest BCUT2D eigenvalue weighted by atomic mass is 32.1. The lowest BCUT2D eigenvalue weighted by molar-refractivity contribution is 0.0950. The van der Waals surface area contributed by atoms with Crippen molar-refractivity contribution in [2.75, 3.05) is 6.61 Å². The molecular weight excluding hydrogens is 374 g/mol. The van der Waals surface area contributed by atoms with Gasteiger partial charge in [0.1, 0.15) is 10.8 Å². The maximum atomic E-state index is 12.4. The van der Waals surface area contributed by atoms with Crippen LogP contribution in [0.25, 0.3) is 15.5 Å². The van der Waals surface area contributed by atoms with E-state index in [0.29, 0.717) is 24.5 Å². The van der Waals surface area contributed by atoms with Gasteiger partial charge in [0.2, 0.25) is 4.96 Å². The zero-order valence-corrected chi connectivity index (χ0v) is 16.4. The number of aromatic nitrogens is 4. The fourth-order valence-electron chi connectivity index (χ4n) is 2.77. The van der Waals surface area contributed by atoms with Crippen molar-refractivity contribution in [2.45, 2.75) is 20.4 Å². The molecule has 4 rings (SSSR count). The van der Waals surface area contributed by atoms with Gasteiger partial charge >= 0.3 is 0 Å². The number of hydrogen-bond donors (Lipinski definition) is 1. The maximum Gasteiger partial charge on any atom is 0.251 e. The highest BCUT2D eigenvalue weighted by molar-refractivity contribution is 7.19. The molecule has 142 valence electrons. The van der Waals surface area contributed by atoms with E-state index in [4.69, 9.17) is 4.74 Å². The molecule has 2 heterocycles. The number of nitrogens with one attached hydrogen (secondary N) is 1. The molecule has 2 aromatic carbocycles. The minimum Gasteiger partial charge on any atom is -0.494 e. The van der Waals surface area contributed by atoms with Gasteiger partial charge in [0, 0.05) is 17.7 Å². The van der Waals surface area contributed by atoms with Crippen molar-refractivity contribution < 1.29 is 9.53 Å². The third-order valence-corrected chi connectivity index (χ3v) is 5.16. The summed E-state index contributed by atoms with van der Waals surface area (Å²) >= 11 is 1.49. The first-order valence-electron chi connectivity index (χ1n) is 8.93. The number of carbonyl (C=O) groups is 1. The van der Waals surface area contributed by atoms with E-state index >= 15 is 0 Å². The molecule has 0 unspecified atom stereocenters. The number of benzene rings is 2. The highest BCUT2D eigenvalue weighted by Gasteiger charge is 2.11. The van der Waals surface area contributed by atoms with Crippen LogP contribution in [0.3, 0.4) is 0 Å². The van der Waals surface area contributed by atoms with Crippen molar-refractivity contribution in [3.8, 4) is 16.3 Å².